The third-order valence-corrected chi connectivity index (χ3v) is 8.25. The molecule has 0 aliphatic carbocycles. The van der Waals surface area contributed by atoms with Gasteiger partial charge < -0.3 is 19.1 Å². The van der Waals surface area contributed by atoms with Crippen molar-refractivity contribution >= 4 is 17.1 Å². The largest absolute Gasteiger partial charge is 0.455 e. The third kappa shape index (κ3) is 4.12. The predicted octanol–water partition coefficient (Wildman–Crippen LogP) is 10.5. The number of benzene rings is 5. The fourth-order valence-electron chi connectivity index (χ4n) is 6.06. The van der Waals surface area contributed by atoms with Crippen LogP contribution in [0, 0.1) is 0 Å². The molecule has 0 atom stereocenters. The van der Waals surface area contributed by atoms with Crippen LogP contribution < -0.4 is 19.1 Å². The minimum Gasteiger partial charge on any atom is -0.455 e. The lowest BCUT2D eigenvalue weighted by molar-refractivity contribution is 0.360. The highest BCUT2D eigenvalue weighted by molar-refractivity contribution is 5.87. The molecule has 2 aliphatic rings. The Morgan fingerprint density at radius 2 is 1.12 bits per heavy atom. The zero-order valence-corrected chi connectivity index (χ0v) is 23.8. The van der Waals surface area contributed by atoms with Crippen LogP contribution in [-0.4, -0.2) is 4.98 Å². The number of pyridine rings is 1. The van der Waals surface area contributed by atoms with Crippen molar-refractivity contribution in [1.82, 2.24) is 4.98 Å². The topological polar surface area (TPSA) is 43.8 Å². The maximum Gasteiger partial charge on any atom is 0.194 e. The molecule has 0 saturated carbocycles. The Bertz CT molecular complexity index is 1980. The van der Waals surface area contributed by atoms with Crippen molar-refractivity contribution < 1.29 is 14.2 Å². The van der Waals surface area contributed by atoms with Gasteiger partial charge in [-0.1, -0.05) is 80.6 Å². The molecule has 208 valence electrons. The van der Waals surface area contributed by atoms with E-state index in [0.29, 0.717) is 23.0 Å². The second-order valence-corrected chi connectivity index (χ2v) is 11.2. The van der Waals surface area contributed by atoms with Crippen LogP contribution in [-0.2, 0) is 5.41 Å². The Hall–Kier alpha value is -5.55. The number of hydrogen-bond donors (Lipinski definition) is 0. The normalized spacial score (nSPS) is 13.6. The molecule has 8 rings (SSSR count). The van der Waals surface area contributed by atoms with Crippen molar-refractivity contribution in [3.63, 3.8) is 0 Å². The van der Waals surface area contributed by atoms with E-state index in [1.165, 1.54) is 0 Å². The van der Waals surface area contributed by atoms with Gasteiger partial charge in [0, 0.05) is 34.0 Å². The Labute approximate surface area is 250 Å². The first kappa shape index (κ1) is 25.2. The molecule has 1 aromatic heterocycles. The van der Waals surface area contributed by atoms with E-state index in [0.717, 1.165) is 50.9 Å². The van der Waals surface area contributed by atoms with Crippen molar-refractivity contribution in [3.05, 3.63) is 145 Å². The summed E-state index contributed by atoms with van der Waals surface area (Å²) in [5.41, 5.74) is 6.67. The summed E-state index contributed by atoms with van der Waals surface area (Å²) in [6, 6.07) is 42.7. The van der Waals surface area contributed by atoms with E-state index < -0.39 is 0 Å². The van der Waals surface area contributed by atoms with E-state index in [1.807, 2.05) is 72.9 Å². The van der Waals surface area contributed by atoms with Gasteiger partial charge in [0.1, 0.15) is 5.75 Å². The van der Waals surface area contributed by atoms with Gasteiger partial charge in [-0.15, -0.1) is 0 Å². The van der Waals surface area contributed by atoms with E-state index in [-0.39, 0.29) is 5.41 Å². The molecule has 3 heterocycles. The molecule has 0 bridgehead atoms. The predicted molar refractivity (Wildman–Crippen MR) is 170 cm³/mol. The number of ether oxygens (including phenoxy) is 3. The summed E-state index contributed by atoms with van der Waals surface area (Å²) in [5, 5.41) is 0. The maximum absolute atomic E-state index is 6.74. The molecule has 0 spiro atoms. The van der Waals surface area contributed by atoms with E-state index >= 15 is 0 Å². The summed E-state index contributed by atoms with van der Waals surface area (Å²) in [4.78, 5) is 6.74. The van der Waals surface area contributed by atoms with Crippen LogP contribution in [0.15, 0.2) is 134 Å². The summed E-state index contributed by atoms with van der Waals surface area (Å²) in [6.45, 7) is 4.50. The minimum absolute atomic E-state index is 0.261. The monoisotopic (exact) mass is 560 g/mol. The molecule has 0 amide bonds. The number of hydrogen-bond acceptors (Lipinski definition) is 5. The van der Waals surface area contributed by atoms with Crippen molar-refractivity contribution in [2.24, 2.45) is 0 Å². The first-order valence-electron chi connectivity index (χ1n) is 14.4. The highest BCUT2D eigenvalue weighted by atomic mass is 16.6. The van der Waals surface area contributed by atoms with Gasteiger partial charge in [-0.05, 0) is 60.7 Å². The number of aromatic nitrogens is 1. The quantitative estimate of drug-likeness (QED) is 0.214. The van der Waals surface area contributed by atoms with Gasteiger partial charge in [0.25, 0.3) is 0 Å². The van der Waals surface area contributed by atoms with Crippen molar-refractivity contribution in [1.29, 1.82) is 0 Å². The van der Waals surface area contributed by atoms with Crippen molar-refractivity contribution in [3.8, 4) is 45.8 Å². The van der Waals surface area contributed by atoms with Crippen LogP contribution in [0.1, 0.15) is 25.0 Å². The van der Waals surface area contributed by atoms with Gasteiger partial charge in [-0.25, -0.2) is 0 Å². The molecule has 0 saturated heterocycles. The fourth-order valence-corrected chi connectivity index (χ4v) is 6.06. The fraction of sp³-hybridized carbons (Fsp3) is 0.0789. The smallest absolute Gasteiger partial charge is 0.194 e. The number of anilines is 3. The first-order valence-corrected chi connectivity index (χ1v) is 14.4. The average Bonchev–Trinajstić information content (AvgIpc) is 3.05. The lowest BCUT2D eigenvalue weighted by Gasteiger charge is -2.38. The van der Waals surface area contributed by atoms with E-state index in [2.05, 4.69) is 84.4 Å². The zero-order valence-electron chi connectivity index (χ0n) is 23.8. The lowest BCUT2D eigenvalue weighted by atomic mass is 9.75. The number of nitrogens with zero attached hydrogens (tertiary/aromatic N) is 2. The number of fused-ring (bicyclic) bond motifs is 4. The third-order valence-electron chi connectivity index (χ3n) is 8.25. The molecule has 0 fully saturated rings. The molecule has 2 aliphatic heterocycles. The van der Waals surface area contributed by atoms with E-state index in [4.69, 9.17) is 14.2 Å². The summed E-state index contributed by atoms with van der Waals surface area (Å²) in [6.07, 6.45) is 1.81. The van der Waals surface area contributed by atoms with Crippen LogP contribution >= 0.6 is 0 Å². The highest BCUT2D eigenvalue weighted by Gasteiger charge is 2.37. The van der Waals surface area contributed by atoms with Crippen LogP contribution in [0.5, 0.6) is 34.5 Å². The molecule has 6 aromatic rings. The molecule has 5 heteroatoms. The van der Waals surface area contributed by atoms with Crippen molar-refractivity contribution in [2.75, 3.05) is 4.90 Å². The second-order valence-electron chi connectivity index (χ2n) is 11.2. The Morgan fingerprint density at radius 1 is 0.512 bits per heavy atom. The Balaban J connectivity index is 1.33. The lowest BCUT2D eigenvalue weighted by Crippen LogP contribution is -2.25. The SMILES string of the molecule is CC1(C)c2ccccc2Oc2c(N(c3ccc(-c4ccccn4)cc3)c3cccc4c3Oc3ccccc3O4)cccc21. The average molecular weight is 561 g/mol. The van der Waals surface area contributed by atoms with Gasteiger partial charge >= 0.3 is 0 Å². The second kappa shape index (κ2) is 9.78. The summed E-state index contributed by atoms with van der Waals surface area (Å²) >= 11 is 0. The highest BCUT2D eigenvalue weighted by Crippen LogP contribution is 2.57. The van der Waals surface area contributed by atoms with Gasteiger partial charge in [-0.3, -0.25) is 4.98 Å². The zero-order chi connectivity index (χ0) is 29.0. The van der Waals surface area contributed by atoms with Crippen LogP contribution in [0.2, 0.25) is 0 Å². The standard InChI is InChI=1S/C38H28N2O3/c1-38(2)27-11-3-4-16-32(27)42-36-28(38)12-9-14-30(36)40(26-22-20-25(21-23-26)29-13-7-8-24-39-29)31-15-10-19-35-37(31)43-34-18-6-5-17-33(34)41-35/h3-24H,1-2H3. The van der Waals surface area contributed by atoms with Crippen LogP contribution in [0.4, 0.5) is 17.1 Å². The van der Waals surface area contributed by atoms with Crippen LogP contribution in [0.25, 0.3) is 11.3 Å². The number of rotatable bonds is 4. The molecular formula is C38H28N2O3. The number of para-hydroxylation sites is 5. The summed E-state index contributed by atoms with van der Waals surface area (Å²) in [5.74, 6) is 4.34. The van der Waals surface area contributed by atoms with Gasteiger partial charge in [0.15, 0.2) is 28.7 Å². The Kier molecular flexibility index (Phi) is 5.73. The summed E-state index contributed by atoms with van der Waals surface area (Å²) in [7, 11) is 0. The molecule has 0 unspecified atom stereocenters. The molecule has 43 heavy (non-hydrogen) atoms. The van der Waals surface area contributed by atoms with Crippen molar-refractivity contribution in [2.45, 2.75) is 19.3 Å². The van der Waals surface area contributed by atoms with E-state index in [9.17, 15) is 0 Å². The van der Waals surface area contributed by atoms with Gasteiger partial charge in [0.2, 0.25) is 0 Å². The molecule has 0 radical (unpaired) electrons. The van der Waals surface area contributed by atoms with Crippen LogP contribution in [0.3, 0.4) is 0 Å². The van der Waals surface area contributed by atoms with Gasteiger partial charge in [0.05, 0.1) is 17.1 Å². The molecule has 5 nitrogen and oxygen atoms in total. The summed E-state index contributed by atoms with van der Waals surface area (Å²) < 4.78 is 19.6. The molecule has 0 N–H and O–H groups in total. The van der Waals surface area contributed by atoms with Gasteiger partial charge in [-0.2, -0.15) is 0 Å². The van der Waals surface area contributed by atoms with E-state index in [1.54, 1.807) is 0 Å². The Morgan fingerprint density at radius 3 is 1.88 bits per heavy atom. The maximum atomic E-state index is 6.74. The molecular weight excluding hydrogens is 532 g/mol. The first-order chi connectivity index (χ1) is 21.1. The minimum atomic E-state index is -0.261. The molecule has 5 aromatic carbocycles.